The van der Waals surface area contributed by atoms with Crippen molar-refractivity contribution in [1.29, 1.82) is 0 Å². The van der Waals surface area contributed by atoms with Gasteiger partial charge in [-0.15, -0.1) is 0 Å². The van der Waals surface area contributed by atoms with E-state index in [1.165, 1.54) is 6.92 Å². The third-order valence-corrected chi connectivity index (χ3v) is 6.70. The van der Waals surface area contributed by atoms with Gasteiger partial charge in [-0.3, -0.25) is 0 Å². The molecule has 1 saturated carbocycles. The third kappa shape index (κ3) is 6.75. The summed E-state index contributed by atoms with van der Waals surface area (Å²) in [4.78, 5) is 0. The van der Waals surface area contributed by atoms with Gasteiger partial charge in [-0.05, 0) is 56.7 Å². The maximum Gasteiger partial charge on any atom is 0.419 e. The smallest absolute Gasteiger partial charge is 0.419 e. The fourth-order valence-corrected chi connectivity index (χ4v) is 4.80. The van der Waals surface area contributed by atoms with Gasteiger partial charge in [-0.25, -0.2) is 8.78 Å². The van der Waals surface area contributed by atoms with Crippen molar-refractivity contribution in [3.63, 3.8) is 0 Å². The molecule has 1 fully saturated rings. The molecule has 0 N–H and O–H groups in total. The lowest BCUT2D eigenvalue weighted by atomic mass is 9.84. The summed E-state index contributed by atoms with van der Waals surface area (Å²) in [6, 6.07) is 2.68. The lowest BCUT2D eigenvalue weighted by Gasteiger charge is -2.32. The van der Waals surface area contributed by atoms with E-state index in [2.05, 4.69) is 6.92 Å². The van der Waals surface area contributed by atoms with E-state index < -0.39 is 63.8 Å². The molecule has 206 valence electrons. The highest BCUT2D eigenvalue weighted by Crippen LogP contribution is 2.46. The second-order valence-corrected chi connectivity index (χ2v) is 9.29. The molecule has 3 rings (SSSR count). The Balaban J connectivity index is 1.90. The fourth-order valence-electron chi connectivity index (χ4n) is 4.80. The molecular formula is C27H30F8O2. The van der Waals surface area contributed by atoms with E-state index in [0.29, 0.717) is 30.9 Å². The SMILES string of the molecule is CCCCCC1CCC(OC(F)(F)c2ccc(-c3ccc(OCC)c(F)c3F)c(F)c2C(F)(F)F)CC1. The minimum absolute atomic E-state index is 0.0213. The van der Waals surface area contributed by atoms with E-state index in [9.17, 15) is 22.0 Å². The van der Waals surface area contributed by atoms with Crippen LogP contribution in [0.15, 0.2) is 24.3 Å². The van der Waals surface area contributed by atoms with Gasteiger partial charge in [0.2, 0.25) is 5.82 Å². The molecule has 0 heterocycles. The van der Waals surface area contributed by atoms with Crippen LogP contribution in [-0.2, 0) is 17.0 Å². The van der Waals surface area contributed by atoms with Gasteiger partial charge >= 0.3 is 12.3 Å². The first-order chi connectivity index (χ1) is 17.4. The van der Waals surface area contributed by atoms with Gasteiger partial charge in [0.05, 0.1) is 18.3 Å². The Morgan fingerprint density at radius 3 is 2.00 bits per heavy atom. The largest absolute Gasteiger partial charge is 0.491 e. The molecule has 0 atom stereocenters. The van der Waals surface area contributed by atoms with Crippen molar-refractivity contribution in [3.8, 4) is 16.9 Å². The zero-order valence-corrected chi connectivity index (χ0v) is 20.7. The topological polar surface area (TPSA) is 18.5 Å². The predicted molar refractivity (Wildman–Crippen MR) is 123 cm³/mol. The van der Waals surface area contributed by atoms with Gasteiger partial charge in [-0.1, -0.05) is 38.7 Å². The zero-order valence-electron chi connectivity index (χ0n) is 20.7. The van der Waals surface area contributed by atoms with Crippen molar-refractivity contribution in [1.82, 2.24) is 0 Å². The summed E-state index contributed by atoms with van der Waals surface area (Å²) in [6.07, 6.45) is -5.13. The number of rotatable bonds is 10. The van der Waals surface area contributed by atoms with Crippen molar-refractivity contribution in [3.05, 3.63) is 52.8 Å². The average Bonchev–Trinajstić information content (AvgIpc) is 2.83. The van der Waals surface area contributed by atoms with Crippen LogP contribution >= 0.6 is 0 Å². The van der Waals surface area contributed by atoms with Gasteiger partial charge in [0.25, 0.3) is 0 Å². The maximum absolute atomic E-state index is 15.2. The van der Waals surface area contributed by atoms with Crippen molar-refractivity contribution >= 4 is 0 Å². The van der Waals surface area contributed by atoms with Crippen LogP contribution in [0.5, 0.6) is 5.75 Å². The number of halogens is 8. The van der Waals surface area contributed by atoms with Crippen LogP contribution in [0.2, 0.25) is 0 Å². The minimum atomic E-state index is -5.56. The van der Waals surface area contributed by atoms with Gasteiger partial charge < -0.3 is 9.47 Å². The minimum Gasteiger partial charge on any atom is -0.491 e. The summed E-state index contributed by atoms with van der Waals surface area (Å²) in [5.41, 5.74) is -5.87. The van der Waals surface area contributed by atoms with Gasteiger partial charge in [0.15, 0.2) is 11.6 Å². The Kier molecular flexibility index (Phi) is 9.47. The second kappa shape index (κ2) is 12.0. The molecule has 0 amide bonds. The summed E-state index contributed by atoms with van der Waals surface area (Å²) in [5.74, 6) is -5.50. The monoisotopic (exact) mass is 538 g/mol. The van der Waals surface area contributed by atoms with Crippen LogP contribution in [0, 0.1) is 23.4 Å². The quantitative estimate of drug-likeness (QED) is 0.222. The molecule has 0 aromatic heterocycles. The summed E-state index contributed by atoms with van der Waals surface area (Å²) in [5, 5.41) is 0. The molecule has 2 aromatic carbocycles. The van der Waals surface area contributed by atoms with Crippen LogP contribution < -0.4 is 4.74 Å². The molecule has 10 heteroatoms. The highest BCUT2D eigenvalue weighted by atomic mass is 19.4. The molecule has 0 saturated heterocycles. The molecule has 2 nitrogen and oxygen atoms in total. The van der Waals surface area contributed by atoms with Crippen molar-refractivity contribution in [2.45, 2.75) is 83.6 Å². The van der Waals surface area contributed by atoms with E-state index in [4.69, 9.17) is 9.47 Å². The molecule has 37 heavy (non-hydrogen) atoms. The molecule has 0 spiro atoms. The molecule has 2 aromatic rings. The Hall–Kier alpha value is -2.36. The van der Waals surface area contributed by atoms with Gasteiger partial charge in [0.1, 0.15) is 11.4 Å². The zero-order chi connectivity index (χ0) is 27.4. The molecular weight excluding hydrogens is 508 g/mol. The molecule has 0 radical (unpaired) electrons. The van der Waals surface area contributed by atoms with E-state index in [-0.39, 0.29) is 19.4 Å². The standard InChI is InChI=1S/C27H30F8O2/c1-3-5-6-7-16-8-10-17(11-9-16)37-27(34,35)20-14-12-18(23(28)22(20)26(31,32)33)19-13-15-21(36-4-2)25(30)24(19)29/h12-17H,3-11H2,1-2H3. The fraction of sp³-hybridized carbons (Fsp3) is 0.556. The van der Waals surface area contributed by atoms with Crippen LogP contribution in [-0.4, -0.2) is 12.7 Å². The summed E-state index contributed by atoms with van der Waals surface area (Å²) in [7, 11) is 0. The first-order valence-corrected chi connectivity index (χ1v) is 12.5. The molecule has 0 bridgehead atoms. The van der Waals surface area contributed by atoms with E-state index >= 15 is 13.2 Å². The number of alkyl halides is 5. The maximum atomic E-state index is 15.2. The Labute approximate surface area is 211 Å². The van der Waals surface area contributed by atoms with Crippen LogP contribution in [0.4, 0.5) is 35.1 Å². The predicted octanol–water partition coefficient (Wildman–Crippen LogP) is 9.39. The average molecular weight is 539 g/mol. The first-order valence-electron chi connectivity index (χ1n) is 12.5. The highest BCUT2D eigenvalue weighted by Gasteiger charge is 2.48. The molecule has 0 unspecified atom stereocenters. The van der Waals surface area contributed by atoms with Gasteiger partial charge in [-0.2, -0.15) is 26.3 Å². The third-order valence-electron chi connectivity index (χ3n) is 6.70. The van der Waals surface area contributed by atoms with Crippen molar-refractivity contribution in [2.24, 2.45) is 5.92 Å². The normalized spacial score (nSPS) is 18.8. The summed E-state index contributed by atoms with van der Waals surface area (Å²) >= 11 is 0. The lowest BCUT2D eigenvalue weighted by Crippen LogP contribution is -2.32. The van der Waals surface area contributed by atoms with Crippen molar-refractivity contribution < 1.29 is 44.6 Å². The van der Waals surface area contributed by atoms with Crippen LogP contribution in [0.3, 0.4) is 0 Å². The number of benzene rings is 2. The molecule has 1 aliphatic carbocycles. The number of hydrogen-bond donors (Lipinski definition) is 0. The summed E-state index contributed by atoms with van der Waals surface area (Å²) < 4.78 is 125. The van der Waals surface area contributed by atoms with E-state index in [0.717, 1.165) is 37.8 Å². The lowest BCUT2D eigenvalue weighted by molar-refractivity contribution is -0.281. The second-order valence-electron chi connectivity index (χ2n) is 9.29. The molecule has 0 aliphatic heterocycles. The Morgan fingerprint density at radius 1 is 0.784 bits per heavy atom. The van der Waals surface area contributed by atoms with Crippen LogP contribution in [0.1, 0.15) is 76.3 Å². The number of hydrogen-bond acceptors (Lipinski definition) is 2. The number of ether oxygens (including phenoxy) is 2. The van der Waals surface area contributed by atoms with Gasteiger partial charge in [0, 0.05) is 11.1 Å². The first kappa shape index (κ1) is 29.2. The Morgan fingerprint density at radius 2 is 1.41 bits per heavy atom. The van der Waals surface area contributed by atoms with Crippen LogP contribution in [0.25, 0.3) is 11.1 Å². The molecule has 1 aliphatic rings. The van der Waals surface area contributed by atoms with E-state index in [1.807, 2.05) is 0 Å². The van der Waals surface area contributed by atoms with E-state index in [1.54, 1.807) is 0 Å². The van der Waals surface area contributed by atoms with Crippen molar-refractivity contribution in [2.75, 3.05) is 6.61 Å². The number of unbranched alkanes of at least 4 members (excludes halogenated alkanes) is 2. The summed E-state index contributed by atoms with van der Waals surface area (Å²) in [6.45, 7) is 3.55. The highest BCUT2D eigenvalue weighted by molar-refractivity contribution is 5.68. The Bertz CT molecular complexity index is 1060.